The Morgan fingerprint density at radius 3 is 2.61 bits per heavy atom. The van der Waals surface area contributed by atoms with Crippen molar-refractivity contribution in [3.8, 4) is 22.3 Å². The van der Waals surface area contributed by atoms with Gasteiger partial charge >= 0.3 is 0 Å². The van der Waals surface area contributed by atoms with E-state index in [1.54, 1.807) is 24.5 Å². The van der Waals surface area contributed by atoms with Gasteiger partial charge in [0.2, 0.25) is 5.91 Å². The van der Waals surface area contributed by atoms with Crippen molar-refractivity contribution in [2.45, 2.75) is 33.2 Å². The number of amides is 1. The van der Waals surface area contributed by atoms with Gasteiger partial charge < -0.3 is 10.3 Å². The highest BCUT2D eigenvalue weighted by Gasteiger charge is 2.23. The summed E-state index contributed by atoms with van der Waals surface area (Å²) in [7, 11) is 0. The lowest BCUT2D eigenvalue weighted by atomic mass is 9.97. The van der Waals surface area contributed by atoms with Gasteiger partial charge in [-0.15, -0.1) is 0 Å². The number of carbonyl (C=O) groups excluding carboxylic acids is 1. The first-order valence-electron chi connectivity index (χ1n) is 13.8. The summed E-state index contributed by atoms with van der Waals surface area (Å²) in [5.74, 6) is -0.0273. The van der Waals surface area contributed by atoms with Crippen molar-refractivity contribution in [1.29, 1.82) is 0 Å². The molecule has 206 valence electrons. The SMILES string of the molecule is CC(C)CC(=O)Nc1cncc(-c2cnc3c(c2)C(c2cc4c(-c5ccc(F)cc5)cccc4[nH]2)=NCN[C@@H]3C)c1. The van der Waals surface area contributed by atoms with Gasteiger partial charge in [-0.05, 0) is 60.4 Å². The molecule has 8 heteroatoms. The molecule has 4 heterocycles. The summed E-state index contributed by atoms with van der Waals surface area (Å²) >= 11 is 0. The number of carbonyl (C=O) groups is 1. The van der Waals surface area contributed by atoms with E-state index in [-0.39, 0.29) is 23.7 Å². The van der Waals surface area contributed by atoms with Gasteiger partial charge in [-0.25, -0.2) is 4.39 Å². The van der Waals surface area contributed by atoms with E-state index in [1.807, 2.05) is 44.3 Å². The van der Waals surface area contributed by atoms with Crippen molar-refractivity contribution in [2.75, 3.05) is 12.0 Å². The molecule has 3 aromatic heterocycles. The van der Waals surface area contributed by atoms with E-state index < -0.39 is 0 Å². The van der Waals surface area contributed by atoms with Crippen molar-refractivity contribution in [3.63, 3.8) is 0 Å². The topological polar surface area (TPSA) is 95.1 Å². The number of nitrogens with one attached hydrogen (secondary N) is 3. The molecule has 5 aromatic rings. The third kappa shape index (κ3) is 5.51. The van der Waals surface area contributed by atoms with Gasteiger partial charge in [0, 0.05) is 52.4 Å². The van der Waals surface area contributed by atoms with Crippen molar-refractivity contribution >= 4 is 28.2 Å². The van der Waals surface area contributed by atoms with Crippen molar-refractivity contribution in [3.05, 3.63) is 102 Å². The Kier molecular flexibility index (Phi) is 7.15. The van der Waals surface area contributed by atoms with Crippen LogP contribution in [0.3, 0.4) is 0 Å². The zero-order valence-electron chi connectivity index (χ0n) is 23.2. The summed E-state index contributed by atoms with van der Waals surface area (Å²) < 4.78 is 13.6. The quantitative estimate of drug-likeness (QED) is 0.216. The second kappa shape index (κ2) is 11.1. The molecule has 7 nitrogen and oxygen atoms in total. The van der Waals surface area contributed by atoms with Crippen LogP contribution in [0, 0.1) is 11.7 Å². The van der Waals surface area contributed by atoms with Gasteiger partial charge in [-0.1, -0.05) is 38.1 Å². The molecule has 0 aliphatic carbocycles. The highest BCUT2D eigenvalue weighted by atomic mass is 19.1. The summed E-state index contributed by atoms with van der Waals surface area (Å²) in [4.78, 5) is 30.1. The lowest BCUT2D eigenvalue weighted by molar-refractivity contribution is -0.116. The Morgan fingerprint density at radius 1 is 1.00 bits per heavy atom. The van der Waals surface area contributed by atoms with E-state index in [4.69, 9.17) is 9.98 Å². The largest absolute Gasteiger partial charge is 0.353 e. The van der Waals surface area contributed by atoms with Crippen LogP contribution in [-0.2, 0) is 4.79 Å². The number of halogens is 1. The van der Waals surface area contributed by atoms with Gasteiger partial charge in [0.15, 0.2) is 0 Å². The molecule has 41 heavy (non-hydrogen) atoms. The molecular formula is C33H31FN6O. The fourth-order valence-electron chi connectivity index (χ4n) is 5.25. The molecule has 1 atom stereocenters. The zero-order valence-corrected chi connectivity index (χ0v) is 23.2. The van der Waals surface area contributed by atoms with Crippen LogP contribution in [0.25, 0.3) is 33.2 Å². The van der Waals surface area contributed by atoms with E-state index in [0.29, 0.717) is 18.8 Å². The first-order chi connectivity index (χ1) is 19.9. The van der Waals surface area contributed by atoms with Crippen LogP contribution >= 0.6 is 0 Å². The van der Waals surface area contributed by atoms with Gasteiger partial charge in [0.25, 0.3) is 0 Å². The highest BCUT2D eigenvalue weighted by Crippen LogP contribution is 2.32. The number of benzene rings is 2. The van der Waals surface area contributed by atoms with Crippen molar-refractivity contribution in [2.24, 2.45) is 10.9 Å². The van der Waals surface area contributed by atoms with E-state index in [0.717, 1.165) is 55.8 Å². The summed E-state index contributed by atoms with van der Waals surface area (Å²) in [6.07, 6.45) is 5.71. The Bertz CT molecular complexity index is 1770. The minimum absolute atomic E-state index is 0.000708. The number of aliphatic imine (C=N–C) groups is 1. The number of hydrogen-bond acceptors (Lipinski definition) is 5. The average Bonchev–Trinajstić information content (AvgIpc) is 3.32. The summed E-state index contributed by atoms with van der Waals surface area (Å²) in [6.45, 7) is 6.55. The van der Waals surface area contributed by atoms with Crippen LogP contribution in [0.15, 0.2) is 84.2 Å². The minimum Gasteiger partial charge on any atom is -0.353 e. The number of aromatic amines is 1. The van der Waals surface area contributed by atoms with Gasteiger partial charge in [-0.3, -0.25) is 25.1 Å². The van der Waals surface area contributed by atoms with Crippen LogP contribution in [0.2, 0.25) is 0 Å². The Morgan fingerprint density at radius 2 is 1.80 bits per heavy atom. The first kappa shape index (κ1) is 26.5. The maximum absolute atomic E-state index is 13.6. The van der Waals surface area contributed by atoms with Crippen LogP contribution in [0.4, 0.5) is 10.1 Å². The molecule has 6 rings (SSSR count). The molecule has 1 amide bonds. The van der Waals surface area contributed by atoms with Crippen LogP contribution in [-0.4, -0.2) is 33.2 Å². The average molecular weight is 547 g/mol. The zero-order chi connectivity index (χ0) is 28.5. The number of anilines is 1. The van der Waals surface area contributed by atoms with E-state index in [1.165, 1.54) is 12.1 Å². The predicted molar refractivity (Wildman–Crippen MR) is 161 cm³/mol. The molecule has 0 spiro atoms. The third-order valence-electron chi connectivity index (χ3n) is 7.24. The van der Waals surface area contributed by atoms with Crippen LogP contribution in [0.5, 0.6) is 0 Å². The second-order valence-corrected chi connectivity index (χ2v) is 10.8. The predicted octanol–water partition coefficient (Wildman–Crippen LogP) is 6.87. The lowest BCUT2D eigenvalue weighted by Crippen LogP contribution is -2.18. The smallest absolute Gasteiger partial charge is 0.224 e. The van der Waals surface area contributed by atoms with Crippen molar-refractivity contribution in [1.82, 2.24) is 20.3 Å². The molecule has 3 N–H and O–H groups in total. The first-order valence-corrected chi connectivity index (χ1v) is 13.8. The maximum atomic E-state index is 13.6. The Labute approximate surface area is 238 Å². The monoisotopic (exact) mass is 546 g/mol. The van der Waals surface area contributed by atoms with Crippen LogP contribution in [0.1, 0.15) is 50.2 Å². The fourth-order valence-corrected chi connectivity index (χ4v) is 5.25. The normalized spacial score (nSPS) is 15.0. The van der Waals surface area contributed by atoms with Gasteiger partial charge in [-0.2, -0.15) is 0 Å². The molecule has 0 radical (unpaired) electrons. The number of pyridine rings is 2. The molecule has 0 saturated carbocycles. The number of H-pyrrole nitrogens is 1. The van der Waals surface area contributed by atoms with Crippen LogP contribution < -0.4 is 10.6 Å². The van der Waals surface area contributed by atoms with Gasteiger partial charge in [0.05, 0.1) is 35.7 Å². The molecule has 1 aliphatic heterocycles. The fraction of sp³-hybridized carbons (Fsp3) is 0.212. The standard InChI is InChI=1S/C33H31FN6O/c1-19(2)11-31(41)39-25-12-22(15-35-17-25)23-13-28-32(36-16-23)20(3)37-18-38-33(28)30-14-27-26(5-4-6-29(27)40-30)21-7-9-24(34)10-8-21/h4-10,12-17,19-20,37,40H,11,18H2,1-3H3,(H,39,41)/t20-/m1/s1. The molecule has 0 fully saturated rings. The summed E-state index contributed by atoms with van der Waals surface area (Å²) in [5.41, 5.74) is 8.80. The number of rotatable bonds is 6. The Hall–Kier alpha value is -4.69. The highest BCUT2D eigenvalue weighted by molar-refractivity contribution is 6.16. The number of aromatic nitrogens is 3. The molecular weight excluding hydrogens is 515 g/mol. The molecule has 0 unspecified atom stereocenters. The summed E-state index contributed by atoms with van der Waals surface area (Å²) in [5, 5.41) is 7.41. The minimum atomic E-state index is -0.260. The summed E-state index contributed by atoms with van der Waals surface area (Å²) in [6, 6.07) is 18.7. The lowest BCUT2D eigenvalue weighted by Gasteiger charge is -2.15. The second-order valence-electron chi connectivity index (χ2n) is 10.8. The molecule has 2 aromatic carbocycles. The Balaban J connectivity index is 1.40. The number of hydrogen-bond donors (Lipinski definition) is 3. The van der Waals surface area contributed by atoms with E-state index in [9.17, 15) is 9.18 Å². The third-order valence-corrected chi connectivity index (χ3v) is 7.24. The van der Waals surface area contributed by atoms with E-state index >= 15 is 0 Å². The van der Waals surface area contributed by atoms with E-state index in [2.05, 4.69) is 39.7 Å². The molecule has 0 saturated heterocycles. The molecule has 0 bridgehead atoms. The van der Waals surface area contributed by atoms with Crippen molar-refractivity contribution < 1.29 is 9.18 Å². The number of fused-ring (bicyclic) bond motifs is 2. The number of nitrogens with zero attached hydrogens (tertiary/aromatic N) is 3. The maximum Gasteiger partial charge on any atom is 0.224 e. The molecule has 1 aliphatic rings. The van der Waals surface area contributed by atoms with Gasteiger partial charge in [0.1, 0.15) is 5.82 Å².